The molecule has 7 nitrogen and oxygen atoms in total. The highest BCUT2D eigenvalue weighted by atomic mass is 16.6. The smallest absolute Gasteiger partial charge is 0.344 e. The van der Waals surface area contributed by atoms with Crippen molar-refractivity contribution in [3.8, 4) is 0 Å². The van der Waals surface area contributed by atoms with Crippen LogP contribution in [0.1, 0.15) is 29.6 Å². The molecule has 0 unspecified atom stereocenters. The van der Waals surface area contributed by atoms with Crippen molar-refractivity contribution in [3.63, 3.8) is 0 Å². The van der Waals surface area contributed by atoms with Gasteiger partial charge in [-0.1, -0.05) is 0 Å². The topological polar surface area (TPSA) is 90.7 Å². The van der Waals surface area contributed by atoms with Gasteiger partial charge in [-0.25, -0.2) is 4.79 Å². The number of methoxy groups -OCH3 is 2. The van der Waals surface area contributed by atoms with Crippen LogP contribution in [-0.2, 0) is 9.47 Å². The summed E-state index contributed by atoms with van der Waals surface area (Å²) in [5, 5.41) is 14.1. The summed E-state index contributed by atoms with van der Waals surface area (Å²) in [5.74, 6) is -0.726. The average molecular weight is 294 g/mol. The summed E-state index contributed by atoms with van der Waals surface area (Å²) in [6.45, 7) is 0.599. The van der Waals surface area contributed by atoms with E-state index in [0.717, 1.165) is 19.3 Å². The number of nitrogens with zero attached hydrogens (tertiary/aromatic N) is 1. The lowest BCUT2D eigenvalue weighted by atomic mass is 9.80. The minimum atomic E-state index is -0.726. The fraction of sp³-hybridized carbons (Fsp3) is 0.500. The lowest BCUT2D eigenvalue weighted by Gasteiger charge is -2.40. The molecule has 2 rings (SSSR count). The van der Waals surface area contributed by atoms with Crippen LogP contribution in [0.4, 0.5) is 11.4 Å². The summed E-state index contributed by atoms with van der Waals surface area (Å²) in [5.41, 5.74) is 0.127. The van der Waals surface area contributed by atoms with Gasteiger partial charge < -0.3 is 14.8 Å². The SMILES string of the molecule is COC(=O)c1cc(NCC2(OC)CCC2)ccc1[N+](=O)[O-]. The molecule has 0 radical (unpaired) electrons. The lowest BCUT2D eigenvalue weighted by molar-refractivity contribution is -0.385. The first-order valence-electron chi connectivity index (χ1n) is 6.67. The van der Waals surface area contributed by atoms with Crippen molar-refractivity contribution >= 4 is 17.3 Å². The maximum Gasteiger partial charge on any atom is 0.344 e. The fourth-order valence-corrected chi connectivity index (χ4v) is 2.37. The summed E-state index contributed by atoms with van der Waals surface area (Å²) in [6.07, 6.45) is 3.09. The third kappa shape index (κ3) is 3.13. The van der Waals surface area contributed by atoms with Crippen molar-refractivity contribution in [1.29, 1.82) is 0 Å². The van der Waals surface area contributed by atoms with E-state index in [0.29, 0.717) is 12.2 Å². The number of ether oxygens (including phenoxy) is 2. The summed E-state index contributed by atoms with van der Waals surface area (Å²) in [4.78, 5) is 22.0. The van der Waals surface area contributed by atoms with Gasteiger partial charge in [0, 0.05) is 25.4 Å². The van der Waals surface area contributed by atoms with E-state index in [1.54, 1.807) is 13.2 Å². The second-order valence-corrected chi connectivity index (χ2v) is 5.07. The summed E-state index contributed by atoms with van der Waals surface area (Å²) >= 11 is 0. The minimum absolute atomic E-state index is 0.0624. The Morgan fingerprint density at radius 2 is 2.14 bits per heavy atom. The van der Waals surface area contributed by atoms with Gasteiger partial charge in [0.15, 0.2) is 0 Å². The van der Waals surface area contributed by atoms with Crippen molar-refractivity contribution in [2.45, 2.75) is 24.9 Å². The van der Waals surface area contributed by atoms with E-state index in [2.05, 4.69) is 10.1 Å². The molecule has 114 valence electrons. The van der Waals surface area contributed by atoms with Crippen molar-refractivity contribution in [2.75, 3.05) is 26.1 Å². The Bertz CT molecular complexity index is 549. The van der Waals surface area contributed by atoms with Gasteiger partial charge in [0.1, 0.15) is 5.56 Å². The third-order valence-electron chi connectivity index (χ3n) is 3.91. The van der Waals surface area contributed by atoms with Crippen LogP contribution < -0.4 is 5.32 Å². The molecule has 1 saturated carbocycles. The zero-order valence-corrected chi connectivity index (χ0v) is 12.0. The van der Waals surface area contributed by atoms with Crippen LogP contribution in [0.5, 0.6) is 0 Å². The van der Waals surface area contributed by atoms with E-state index >= 15 is 0 Å². The fourth-order valence-electron chi connectivity index (χ4n) is 2.37. The maximum absolute atomic E-state index is 11.6. The molecule has 1 fully saturated rings. The van der Waals surface area contributed by atoms with Gasteiger partial charge in [0.2, 0.25) is 0 Å². The van der Waals surface area contributed by atoms with Gasteiger partial charge in [0.25, 0.3) is 5.69 Å². The number of hydrogen-bond donors (Lipinski definition) is 1. The van der Waals surface area contributed by atoms with E-state index in [1.165, 1.54) is 19.2 Å². The molecule has 1 aromatic rings. The molecule has 0 saturated heterocycles. The molecule has 0 aromatic heterocycles. The number of hydrogen-bond acceptors (Lipinski definition) is 6. The number of nitro benzene ring substituents is 1. The van der Waals surface area contributed by atoms with Crippen molar-refractivity contribution in [1.82, 2.24) is 0 Å². The second-order valence-electron chi connectivity index (χ2n) is 5.07. The molecule has 0 heterocycles. The molecule has 0 aliphatic heterocycles. The molecule has 0 amide bonds. The van der Waals surface area contributed by atoms with Crippen LogP contribution >= 0.6 is 0 Å². The first-order chi connectivity index (χ1) is 10.0. The molecule has 21 heavy (non-hydrogen) atoms. The highest BCUT2D eigenvalue weighted by Crippen LogP contribution is 2.35. The predicted octanol–water partition coefficient (Wildman–Crippen LogP) is 2.36. The van der Waals surface area contributed by atoms with E-state index in [-0.39, 0.29) is 16.9 Å². The number of nitrogens with one attached hydrogen (secondary N) is 1. The first kappa shape index (κ1) is 15.2. The number of nitro groups is 1. The van der Waals surface area contributed by atoms with Gasteiger partial charge in [-0.05, 0) is 31.4 Å². The highest BCUT2D eigenvalue weighted by molar-refractivity contribution is 5.95. The normalized spacial score (nSPS) is 15.9. The average Bonchev–Trinajstić information content (AvgIpc) is 2.45. The molecule has 1 aliphatic rings. The number of anilines is 1. The minimum Gasteiger partial charge on any atom is -0.465 e. The zero-order valence-electron chi connectivity index (χ0n) is 12.0. The molecule has 1 aliphatic carbocycles. The summed E-state index contributed by atoms with van der Waals surface area (Å²) in [7, 11) is 2.87. The third-order valence-corrected chi connectivity index (χ3v) is 3.91. The van der Waals surface area contributed by atoms with E-state index < -0.39 is 10.9 Å². The van der Waals surface area contributed by atoms with Gasteiger partial charge in [-0.3, -0.25) is 10.1 Å². The number of esters is 1. The second kappa shape index (κ2) is 6.09. The lowest BCUT2D eigenvalue weighted by Crippen LogP contribution is -2.45. The van der Waals surface area contributed by atoms with Crippen LogP contribution in [0.15, 0.2) is 18.2 Å². The Balaban J connectivity index is 2.17. The van der Waals surface area contributed by atoms with Crippen LogP contribution in [0.2, 0.25) is 0 Å². The molecule has 0 bridgehead atoms. The molecule has 0 atom stereocenters. The molecule has 1 aromatic carbocycles. The largest absolute Gasteiger partial charge is 0.465 e. The van der Waals surface area contributed by atoms with Crippen molar-refractivity contribution in [3.05, 3.63) is 33.9 Å². The van der Waals surface area contributed by atoms with Crippen LogP contribution in [0.3, 0.4) is 0 Å². The summed E-state index contributed by atoms with van der Waals surface area (Å²) < 4.78 is 10.1. The number of carbonyl (C=O) groups is 1. The molecular formula is C14H18N2O5. The highest BCUT2D eigenvalue weighted by Gasteiger charge is 2.36. The Labute approximate surface area is 122 Å². The van der Waals surface area contributed by atoms with E-state index in [4.69, 9.17) is 4.74 Å². The maximum atomic E-state index is 11.6. The standard InChI is InChI=1S/C14H18N2O5/c1-20-13(17)11-8-10(4-5-12(11)16(18)19)15-9-14(21-2)6-3-7-14/h4-5,8,15H,3,6-7,9H2,1-2H3. The monoisotopic (exact) mass is 294 g/mol. The molecule has 7 heteroatoms. The van der Waals surface area contributed by atoms with Crippen LogP contribution in [0.25, 0.3) is 0 Å². The Kier molecular flexibility index (Phi) is 4.42. The quantitative estimate of drug-likeness (QED) is 0.492. The Morgan fingerprint density at radius 3 is 2.62 bits per heavy atom. The Morgan fingerprint density at radius 1 is 1.43 bits per heavy atom. The van der Waals surface area contributed by atoms with E-state index in [9.17, 15) is 14.9 Å². The van der Waals surface area contributed by atoms with Gasteiger partial charge in [-0.15, -0.1) is 0 Å². The van der Waals surface area contributed by atoms with Gasteiger partial charge >= 0.3 is 5.97 Å². The van der Waals surface area contributed by atoms with Crippen molar-refractivity contribution < 1.29 is 19.2 Å². The van der Waals surface area contributed by atoms with Crippen molar-refractivity contribution in [2.24, 2.45) is 0 Å². The first-order valence-corrected chi connectivity index (χ1v) is 6.67. The number of rotatable bonds is 6. The van der Waals surface area contributed by atoms with Gasteiger partial charge in [-0.2, -0.15) is 0 Å². The zero-order chi connectivity index (χ0) is 15.5. The molecule has 1 N–H and O–H groups in total. The number of benzene rings is 1. The van der Waals surface area contributed by atoms with Gasteiger partial charge in [0.05, 0.1) is 17.6 Å². The van der Waals surface area contributed by atoms with Crippen LogP contribution in [0, 0.1) is 10.1 Å². The number of carbonyl (C=O) groups excluding carboxylic acids is 1. The predicted molar refractivity (Wildman–Crippen MR) is 76.5 cm³/mol. The molecular weight excluding hydrogens is 276 g/mol. The van der Waals surface area contributed by atoms with E-state index in [1.807, 2.05) is 0 Å². The summed E-state index contributed by atoms with van der Waals surface area (Å²) in [6, 6.07) is 4.31. The Hall–Kier alpha value is -2.15. The van der Waals surface area contributed by atoms with Crippen LogP contribution in [-0.4, -0.2) is 37.3 Å². The molecule has 0 spiro atoms.